The van der Waals surface area contributed by atoms with E-state index in [2.05, 4.69) is 15.3 Å². The predicted octanol–water partition coefficient (Wildman–Crippen LogP) is 2.81. The number of amides is 1. The van der Waals surface area contributed by atoms with E-state index in [0.29, 0.717) is 28.3 Å². The van der Waals surface area contributed by atoms with Crippen LogP contribution < -0.4 is 10.9 Å². The van der Waals surface area contributed by atoms with Crippen molar-refractivity contribution in [1.29, 1.82) is 0 Å². The summed E-state index contributed by atoms with van der Waals surface area (Å²) in [5, 5.41) is 12.9. The molecule has 0 saturated heterocycles. The molecule has 0 aliphatic rings. The van der Waals surface area contributed by atoms with Crippen molar-refractivity contribution in [1.82, 2.24) is 9.97 Å². The molecule has 0 spiro atoms. The smallest absolute Gasteiger partial charge is 0.251 e. The fourth-order valence-electron chi connectivity index (χ4n) is 2.64. The molecule has 0 aliphatic heterocycles. The van der Waals surface area contributed by atoms with Gasteiger partial charge in [0.15, 0.2) is 0 Å². The van der Waals surface area contributed by atoms with Crippen molar-refractivity contribution in [2.45, 2.75) is 19.4 Å². The lowest BCUT2D eigenvalue weighted by atomic mass is 10.1. The Hall–Kier alpha value is -3.25. The number of benzene rings is 2. The minimum Gasteiger partial charge on any atom is -0.388 e. The summed E-state index contributed by atoms with van der Waals surface area (Å²) in [6.07, 6.45) is -0.914. The molecule has 26 heavy (non-hydrogen) atoms. The van der Waals surface area contributed by atoms with E-state index >= 15 is 0 Å². The number of nitrogens with zero attached hydrogens (tertiary/aromatic N) is 1. The molecule has 3 N–H and O–H groups in total. The molecule has 0 aliphatic carbocycles. The third-order valence-corrected chi connectivity index (χ3v) is 3.85. The molecule has 0 fully saturated rings. The zero-order valence-electron chi connectivity index (χ0n) is 14.3. The van der Waals surface area contributed by atoms with Crippen LogP contribution in [0.2, 0.25) is 0 Å². The number of anilines is 1. The summed E-state index contributed by atoms with van der Waals surface area (Å²) in [4.78, 5) is 30.8. The van der Waals surface area contributed by atoms with Gasteiger partial charge in [-0.05, 0) is 24.6 Å². The lowest BCUT2D eigenvalue weighted by Crippen LogP contribution is -2.15. The number of aromatic nitrogens is 2. The van der Waals surface area contributed by atoms with Gasteiger partial charge < -0.3 is 15.4 Å². The summed E-state index contributed by atoms with van der Waals surface area (Å²) >= 11 is 0. The largest absolute Gasteiger partial charge is 0.388 e. The van der Waals surface area contributed by atoms with Gasteiger partial charge in [-0.25, -0.2) is 4.98 Å². The Morgan fingerprint density at radius 1 is 1.15 bits per heavy atom. The molecule has 1 unspecified atom stereocenters. The van der Waals surface area contributed by atoms with Crippen LogP contribution in [-0.4, -0.2) is 21.0 Å². The monoisotopic (exact) mass is 349 g/mol. The van der Waals surface area contributed by atoms with E-state index < -0.39 is 6.10 Å². The third-order valence-electron chi connectivity index (χ3n) is 3.85. The van der Waals surface area contributed by atoms with Gasteiger partial charge in [0, 0.05) is 23.0 Å². The quantitative estimate of drug-likeness (QED) is 0.660. The molecule has 1 atom stereocenters. The highest BCUT2D eigenvalue weighted by molar-refractivity contribution is 5.91. The maximum absolute atomic E-state index is 12.2. The molecule has 3 aromatic rings. The van der Waals surface area contributed by atoms with Gasteiger partial charge in [0.25, 0.3) is 5.56 Å². The molecular formula is C20H19N3O3. The van der Waals surface area contributed by atoms with Gasteiger partial charge in [0.05, 0.1) is 12.5 Å². The first-order chi connectivity index (χ1) is 12.5. The average Bonchev–Trinajstić information content (AvgIpc) is 2.61. The van der Waals surface area contributed by atoms with Crippen LogP contribution in [0.15, 0.2) is 65.5 Å². The van der Waals surface area contributed by atoms with E-state index in [-0.39, 0.29) is 17.9 Å². The van der Waals surface area contributed by atoms with Gasteiger partial charge in [0.1, 0.15) is 5.82 Å². The second kappa shape index (κ2) is 7.76. The van der Waals surface area contributed by atoms with Gasteiger partial charge in [-0.3, -0.25) is 9.59 Å². The molecule has 0 bridgehead atoms. The normalized spacial score (nSPS) is 11.8. The molecule has 6 nitrogen and oxygen atoms in total. The number of hydrogen-bond acceptors (Lipinski definition) is 4. The van der Waals surface area contributed by atoms with Gasteiger partial charge in [-0.15, -0.1) is 0 Å². The van der Waals surface area contributed by atoms with Crippen molar-refractivity contribution in [3.05, 3.63) is 82.3 Å². The molecule has 6 heteroatoms. The molecule has 1 amide bonds. The molecule has 1 heterocycles. The highest BCUT2D eigenvalue weighted by Crippen LogP contribution is 2.21. The Bertz CT molecular complexity index is 967. The Balaban J connectivity index is 1.72. The average molecular weight is 349 g/mol. The maximum atomic E-state index is 12.2. The number of aryl methyl sites for hydroxylation is 1. The number of aliphatic hydroxyl groups excluding tert-OH is 1. The van der Waals surface area contributed by atoms with E-state index in [4.69, 9.17) is 0 Å². The van der Waals surface area contributed by atoms with Crippen LogP contribution in [0.4, 0.5) is 5.69 Å². The highest BCUT2D eigenvalue weighted by Gasteiger charge is 2.13. The minimum atomic E-state index is -0.867. The highest BCUT2D eigenvalue weighted by atomic mass is 16.3. The SMILES string of the molecule is Cc1cc(=O)[nH]c(-c2cccc(NC(=O)CC(O)c3ccccc3)c2)n1. The molecule has 0 saturated carbocycles. The summed E-state index contributed by atoms with van der Waals surface area (Å²) < 4.78 is 0. The number of nitrogens with one attached hydrogen (secondary N) is 2. The summed E-state index contributed by atoms with van der Waals surface area (Å²) in [7, 11) is 0. The van der Waals surface area contributed by atoms with E-state index in [1.807, 2.05) is 18.2 Å². The number of hydrogen-bond donors (Lipinski definition) is 3. The Morgan fingerprint density at radius 2 is 1.92 bits per heavy atom. The van der Waals surface area contributed by atoms with Crippen LogP contribution in [0.5, 0.6) is 0 Å². The second-order valence-corrected chi connectivity index (χ2v) is 5.99. The van der Waals surface area contributed by atoms with E-state index in [0.717, 1.165) is 0 Å². The second-order valence-electron chi connectivity index (χ2n) is 5.99. The molecule has 3 rings (SSSR count). The third kappa shape index (κ3) is 4.43. The first-order valence-electron chi connectivity index (χ1n) is 8.22. The number of H-pyrrole nitrogens is 1. The summed E-state index contributed by atoms with van der Waals surface area (Å²) in [6.45, 7) is 1.75. The van der Waals surface area contributed by atoms with Crippen LogP contribution in [-0.2, 0) is 4.79 Å². The van der Waals surface area contributed by atoms with Crippen LogP contribution in [0.1, 0.15) is 23.8 Å². The number of aliphatic hydroxyl groups is 1. The lowest BCUT2D eigenvalue weighted by Gasteiger charge is -2.12. The van der Waals surface area contributed by atoms with Crippen LogP contribution in [0.3, 0.4) is 0 Å². The molecule has 132 valence electrons. The van der Waals surface area contributed by atoms with E-state index in [1.54, 1.807) is 43.3 Å². The van der Waals surface area contributed by atoms with Crippen molar-refractivity contribution < 1.29 is 9.90 Å². The number of aromatic amines is 1. The Morgan fingerprint density at radius 3 is 2.65 bits per heavy atom. The van der Waals surface area contributed by atoms with Crippen molar-refractivity contribution in [3.8, 4) is 11.4 Å². The molecule has 2 aromatic carbocycles. The van der Waals surface area contributed by atoms with Crippen LogP contribution >= 0.6 is 0 Å². The van der Waals surface area contributed by atoms with Gasteiger partial charge in [-0.2, -0.15) is 0 Å². The fourth-order valence-corrected chi connectivity index (χ4v) is 2.64. The summed E-state index contributed by atoms with van der Waals surface area (Å²) in [5.74, 6) is 0.139. The molecule has 1 aromatic heterocycles. The van der Waals surface area contributed by atoms with E-state index in [1.165, 1.54) is 6.07 Å². The summed E-state index contributed by atoms with van der Waals surface area (Å²) in [6, 6.07) is 17.5. The van der Waals surface area contributed by atoms with Crippen molar-refractivity contribution in [2.24, 2.45) is 0 Å². The lowest BCUT2D eigenvalue weighted by molar-refractivity contribution is -0.118. The number of rotatable bonds is 5. The van der Waals surface area contributed by atoms with Crippen LogP contribution in [0.25, 0.3) is 11.4 Å². The molecular weight excluding hydrogens is 330 g/mol. The minimum absolute atomic E-state index is 0.0478. The standard InChI is InChI=1S/C20H19N3O3/c1-13-10-18(25)23-20(21-13)15-8-5-9-16(11-15)22-19(26)12-17(24)14-6-3-2-4-7-14/h2-11,17,24H,12H2,1H3,(H,22,26)(H,21,23,25). The first-order valence-corrected chi connectivity index (χ1v) is 8.22. The zero-order chi connectivity index (χ0) is 18.5. The zero-order valence-corrected chi connectivity index (χ0v) is 14.3. The van der Waals surface area contributed by atoms with Crippen molar-refractivity contribution in [2.75, 3.05) is 5.32 Å². The first kappa shape index (κ1) is 17.6. The van der Waals surface area contributed by atoms with Crippen LogP contribution in [0, 0.1) is 6.92 Å². The Kier molecular flexibility index (Phi) is 5.24. The van der Waals surface area contributed by atoms with E-state index in [9.17, 15) is 14.7 Å². The summed E-state index contributed by atoms with van der Waals surface area (Å²) in [5.41, 5.74) is 2.33. The van der Waals surface area contributed by atoms with Gasteiger partial charge >= 0.3 is 0 Å². The fraction of sp³-hybridized carbons (Fsp3) is 0.150. The van der Waals surface area contributed by atoms with Gasteiger partial charge in [0.2, 0.25) is 5.91 Å². The Labute approximate surface area is 150 Å². The number of carbonyl (C=O) groups is 1. The predicted molar refractivity (Wildman–Crippen MR) is 99.7 cm³/mol. The topological polar surface area (TPSA) is 95.1 Å². The molecule has 0 radical (unpaired) electrons. The van der Waals surface area contributed by atoms with Gasteiger partial charge in [-0.1, -0.05) is 42.5 Å². The van der Waals surface area contributed by atoms with Crippen molar-refractivity contribution in [3.63, 3.8) is 0 Å². The number of carbonyl (C=O) groups excluding carboxylic acids is 1. The van der Waals surface area contributed by atoms with Crippen molar-refractivity contribution >= 4 is 11.6 Å². The maximum Gasteiger partial charge on any atom is 0.251 e.